The van der Waals surface area contributed by atoms with Crippen LogP contribution in [0.4, 0.5) is 18.9 Å². The van der Waals surface area contributed by atoms with Crippen LogP contribution in [0.15, 0.2) is 42.5 Å². The van der Waals surface area contributed by atoms with Gasteiger partial charge >= 0.3 is 6.18 Å². The molecule has 0 aromatic heterocycles. The van der Waals surface area contributed by atoms with Gasteiger partial charge in [0.25, 0.3) is 0 Å². The maximum absolute atomic E-state index is 13.2. The predicted octanol–water partition coefficient (Wildman–Crippen LogP) is 4.60. The summed E-state index contributed by atoms with van der Waals surface area (Å²) in [5.74, 6) is 0.338. The molecule has 0 spiro atoms. The van der Waals surface area contributed by atoms with Gasteiger partial charge in [0, 0.05) is 24.8 Å². The van der Waals surface area contributed by atoms with E-state index in [2.05, 4.69) is 10.2 Å². The van der Waals surface area contributed by atoms with E-state index >= 15 is 0 Å². The summed E-state index contributed by atoms with van der Waals surface area (Å²) in [7, 11) is 1.61. The van der Waals surface area contributed by atoms with E-state index in [4.69, 9.17) is 4.74 Å². The number of carbonyl (C=O) groups excluding carboxylic acids is 1. The molecule has 2 aliphatic rings. The number of ether oxygens (including phenoxy) is 1. The van der Waals surface area contributed by atoms with Crippen molar-refractivity contribution >= 4 is 11.6 Å². The van der Waals surface area contributed by atoms with E-state index < -0.39 is 11.7 Å². The van der Waals surface area contributed by atoms with E-state index in [-0.39, 0.29) is 17.9 Å². The number of alkyl halides is 3. The number of fused-ring (bicyclic) bond motifs is 3. The number of benzene rings is 2. The van der Waals surface area contributed by atoms with E-state index in [0.29, 0.717) is 24.9 Å². The number of halogens is 3. The van der Waals surface area contributed by atoms with Gasteiger partial charge in [0.1, 0.15) is 5.75 Å². The molecule has 1 fully saturated rings. The number of methoxy groups -OCH3 is 1. The lowest BCUT2D eigenvalue weighted by Gasteiger charge is -2.46. The van der Waals surface area contributed by atoms with E-state index in [1.807, 2.05) is 24.3 Å². The second kappa shape index (κ2) is 8.81. The minimum atomic E-state index is -4.39. The van der Waals surface area contributed by atoms with E-state index in [9.17, 15) is 18.0 Å². The number of nitrogens with zero attached hydrogens (tertiary/aromatic N) is 1. The topological polar surface area (TPSA) is 41.6 Å². The summed E-state index contributed by atoms with van der Waals surface area (Å²) in [6, 6.07) is 11.6. The first-order chi connectivity index (χ1) is 14.9. The van der Waals surface area contributed by atoms with Crippen molar-refractivity contribution in [2.75, 3.05) is 25.1 Å². The first kappa shape index (κ1) is 21.5. The molecule has 31 heavy (non-hydrogen) atoms. The summed E-state index contributed by atoms with van der Waals surface area (Å²) in [4.78, 5) is 15.2. The molecule has 0 aliphatic carbocycles. The molecular formula is C24H27F3N2O2. The number of para-hydroxylation sites is 1. The number of anilines is 1. The van der Waals surface area contributed by atoms with Gasteiger partial charge in [-0.15, -0.1) is 0 Å². The van der Waals surface area contributed by atoms with Crippen LogP contribution in [-0.2, 0) is 23.8 Å². The molecule has 2 aromatic rings. The first-order valence-corrected chi connectivity index (χ1v) is 10.7. The van der Waals surface area contributed by atoms with Crippen molar-refractivity contribution in [2.45, 2.75) is 44.3 Å². The zero-order valence-electron chi connectivity index (χ0n) is 17.5. The molecule has 0 bridgehead atoms. The predicted molar refractivity (Wildman–Crippen MR) is 113 cm³/mol. The van der Waals surface area contributed by atoms with Crippen LogP contribution in [0.25, 0.3) is 0 Å². The maximum atomic E-state index is 13.2. The van der Waals surface area contributed by atoms with Crippen molar-refractivity contribution in [3.05, 3.63) is 59.2 Å². The van der Waals surface area contributed by atoms with Gasteiger partial charge in [-0.1, -0.05) is 18.2 Å². The number of rotatable bonds is 5. The Bertz CT molecular complexity index is 945. The lowest BCUT2D eigenvalue weighted by Crippen LogP contribution is -2.53. The fourth-order valence-electron chi connectivity index (χ4n) is 4.88. The summed E-state index contributed by atoms with van der Waals surface area (Å²) in [5.41, 5.74) is 1.80. The average Bonchev–Trinajstić information content (AvgIpc) is 2.77. The number of nitrogens with one attached hydrogen (secondary N) is 1. The number of carbonyl (C=O) groups is 1. The van der Waals surface area contributed by atoms with E-state index in [0.717, 1.165) is 48.9 Å². The van der Waals surface area contributed by atoms with Gasteiger partial charge in [-0.3, -0.25) is 4.79 Å². The highest BCUT2D eigenvalue weighted by atomic mass is 19.4. The molecular weight excluding hydrogens is 405 g/mol. The molecule has 2 aromatic carbocycles. The Morgan fingerprint density at radius 3 is 2.77 bits per heavy atom. The number of hydrogen-bond acceptors (Lipinski definition) is 3. The Hall–Kier alpha value is -2.70. The highest BCUT2D eigenvalue weighted by molar-refractivity contribution is 5.82. The Labute approximate surface area is 180 Å². The van der Waals surface area contributed by atoms with Crippen LogP contribution in [0, 0.1) is 5.92 Å². The minimum Gasteiger partial charge on any atom is -0.496 e. The van der Waals surface area contributed by atoms with Gasteiger partial charge in [-0.05, 0) is 67.5 Å². The summed E-state index contributed by atoms with van der Waals surface area (Å²) in [6.07, 6.45) is -0.529. The SMILES string of the molecule is COc1ccccc1CCNC(=O)[C@@H]1Cc2cc(C(F)(F)F)ccc2N2CCCC[C@H]12. The number of piperidine rings is 1. The summed E-state index contributed by atoms with van der Waals surface area (Å²) in [5, 5.41) is 3.02. The zero-order chi connectivity index (χ0) is 22.0. The second-order valence-corrected chi connectivity index (χ2v) is 8.26. The molecule has 1 N–H and O–H groups in total. The Kier molecular flexibility index (Phi) is 6.12. The zero-order valence-corrected chi connectivity index (χ0v) is 17.5. The van der Waals surface area contributed by atoms with Gasteiger partial charge < -0.3 is 15.0 Å². The lowest BCUT2D eigenvalue weighted by molar-refractivity contribution is -0.137. The number of hydrogen-bond donors (Lipinski definition) is 1. The standard InChI is InChI=1S/C24H27F3N2O2/c1-31-22-8-3-2-6-16(22)11-12-28-23(30)19-15-17-14-18(24(25,26)27)9-10-20(17)29-13-5-4-7-21(19)29/h2-3,6,8-10,14,19,21H,4-5,7,11-13,15H2,1H3,(H,28,30)/t19-,21-/m1/s1. The van der Waals surface area contributed by atoms with Gasteiger partial charge in [-0.25, -0.2) is 0 Å². The Morgan fingerprint density at radius 2 is 2.00 bits per heavy atom. The number of amides is 1. The quantitative estimate of drug-likeness (QED) is 0.751. The minimum absolute atomic E-state index is 0.0317. The van der Waals surface area contributed by atoms with E-state index in [1.54, 1.807) is 13.2 Å². The smallest absolute Gasteiger partial charge is 0.416 e. The fraction of sp³-hybridized carbons (Fsp3) is 0.458. The van der Waals surface area contributed by atoms with Crippen LogP contribution < -0.4 is 15.0 Å². The molecule has 0 radical (unpaired) electrons. The van der Waals surface area contributed by atoms with Crippen LogP contribution in [-0.4, -0.2) is 32.1 Å². The molecule has 2 heterocycles. The van der Waals surface area contributed by atoms with Crippen LogP contribution >= 0.6 is 0 Å². The second-order valence-electron chi connectivity index (χ2n) is 8.26. The fourth-order valence-corrected chi connectivity index (χ4v) is 4.88. The molecule has 166 valence electrons. The average molecular weight is 432 g/mol. The van der Waals surface area contributed by atoms with Crippen LogP contribution in [0.3, 0.4) is 0 Å². The van der Waals surface area contributed by atoms with Gasteiger partial charge in [0.15, 0.2) is 0 Å². The molecule has 4 rings (SSSR count). The van der Waals surface area contributed by atoms with Gasteiger partial charge in [-0.2, -0.15) is 13.2 Å². The molecule has 2 atom stereocenters. The van der Waals surface area contributed by atoms with Crippen molar-refractivity contribution in [3.63, 3.8) is 0 Å². The molecule has 1 amide bonds. The third-order valence-corrected chi connectivity index (χ3v) is 6.39. The van der Waals surface area contributed by atoms with Crippen molar-refractivity contribution in [2.24, 2.45) is 5.92 Å². The monoisotopic (exact) mass is 432 g/mol. The van der Waals surface area contributed by atoms with Crippen molar-refractivity contribution in [1.82, 2.24) is 5.32 Å². The molecule has 2 aliphatic heterocycles. The van der Waals surface area contributed by atoms with Crippen molar-refractivity contribution in [3.8, 4) is 5.75 Å². The Morgan fingerprint density at radius 1 is 1.19 bits per heavy atom. The summed E-state index contributed by atoms with van der Waals surface area (Å²) < 4.78 is 45.1. The van der Waals surface area contributed by atoms with Crippen molar-refractivity contribution < 1.29 is 22.7 Å². The third-order valence-electron chi connectivity index (χ3n) is 6.39. The van der Waals surface area contributed by atoms with Crippen LogP contribution in [0.5, 0.6) is 5.75 Å². The highest BCUT2D eigenvalue weighted by Gasteiger charge is 2.40. The first-order valence-electron chi connectivity index (χ1n) is 10.7. The third kappa shape index (κ3) is 4.50. The van der Waals surface area contributed by atoms with Crippen LogP contribution in [0.2, 0.25) is 0 Å². The summed E-state index contributed by atoms with van der Waals surface area (Å²) >= 11 is 0. The Balaban J connectivity index is 1.50. The summed E-state index contributed by atoms with van der Waals surface area (Å²) in [6.45, 7) is 1.23. The van der Waals surface area contributed by atoms with Gasteiger partial charge in [0.05, 0.1) is 18.6 Å². The normalized spacial score (nSPS) is 20.6. The molecule has 7 heteroatoms. The largest absolute Gasteiger partial charge is 0.496 e. The van der Waals surface area contributed by atoms with Gasteiger partial charge in [0.2, 0.25) is 5.91 Å². The lowest BCUT2D eigenvalue weighted by atomic mass is 9.80. The van der Waals surface area contributed by atoms with Crippen LogP contribution in [0.1, 0.15) is 36.0 Å². The molecule has 0 unspecified atom stereocenters. The highest BCUT2D eigenvalue weighted by Crippen LogP contribution is 2.41. The van der Waals surface area contributed by atoms with E-state index in [1.165, 1.54) is 6.07 Å². The molecule has 1 saturated heterocycles. The van der Waals surface area contributed by atoms with Crippen molar-refractivity contribution in [1.29, 1.82) is 0 Å². The molecule has 4 nitrogen and oxygen atoms in total. The molecule has 0 saturated carbocycles. The maximum Gasteiger partial charge on any atom is 0.416 e.